The van der Waals surface area contributed by atoms with Gasteiger partial charge in [0.25, 0.3) is 11.8 Å². The Balaban J connectivity index is 1.53. The van der Waals surface area contributed by atoms with Crippen LogP contribution in [-0.2, 0) is 19.1 Å². The highest BCUT2D eigenvalue weighted by atomic mass is 16.5. The molecular weight excluding hydrogens is 362 g/mol. The highest BCUT2D eigenvalue weighted by molar-refractivity contribution is 6.09. The molecule has 4 amide bonds. The first-order valence-corrected chi connectivity index (χ1v) is 10.3. The second-order valence-electron chi connectivity index (χ2n) is 8.85. The first-order valence-electron chi connectivity index (χ1n) is 10.3. The lowest BCUT2D eigenvalue weighted by molar-refractivity contribution is -0.155. The molecule has 1 spiro atoms. The third-order valence-electron chi connectivity index (χ3n) is 6.37. The van der Waals surface area contributed by atoms with Crippen molar-refractivity contribution in [3.8, 4) is 0 Å². The zero-order valence-electron chi connectivity index (χ0n) is 17.0. The summed E-state index contributed by atoms with van der Waals surface area (Å²) in [4.78, 5) is 52.3. The quantitative estimate of drug-likeness (QED) is 0.577. The third kappa shape index (κ3) is 4.00. The monoisotopic (exact) mass is 393 g/mol. The molecule has 8 heteroatoms. The van der Waals surface area contributed by atoms with Gasteiger partial charge in [-0.1, -0.05) is 33.6 Å². The number of likely N-dealkylation sites (tertiary alicyclic amines) is 1. The minimum absolute atomic E-state index is 0.0309. The molecule has 2 heterocycles. The van der Waals surface area contributed by atoms with Gasteiger partial charge in [0.1, 0.15) is 12.1 Å². The zero-order valence-corrected chi connectivity index (χ0v) is 17.0. The van der Waals surface area contributed by atoms with Gasteiger partial charge in [-0.05, 0) is 37.0 Å². The van der Waals surface area contributed by atoms with Gasteiger partial charge in [0.2, 0.25) is 0 Å². The van der Waals surface area contributed by atoms with E-state index in [0.29, 0.717) is 31.3 Å². The maximum absolute atomic E-state index is 12.9. The van der Waals surface area contributed by atoms with Gasteiger partial charge in [-0.3, -0.25) is 19.3 Å². The Morgan fingerprint density at radius 1 is 1.14 bits per heavy atom. The molecule has 0 aromatic heterocycles. The Kier molecular flexibility index (Phi) is 5.95. The van der Waals surface area contributed by atoms with Crippen molar-refractivity contribution in [1.29, 1.82) is 0 Å². The van der Waals surface area contributed by atoms with Crippen LogP contribution in [-0.4, -0.2) is 65.4 Å². The number of urea groups is 1. The summed E-state index contributed by atoms with van der Waals surface area (Å²) in [6.45, 7) is 6.66. The summed E-state index contributed by atoms with van der Waals surface area (Å²) in [6.07, 6.45) is 4.44. The van der Waals surface area contributed by atoms with Crippen molar-refractivity contribution in [2.75, 3.05) is 26.2 Å². The normalized spacial score (nSPS) is 33.2. The van der Waals surface area contributed by atoms with Crippen LogP contribution < -0.4 is 5.32 Å². The van der Waals surface area contributed by atoms with E-state index in [1.54, 1.807) is 4.90 Å². The molecule has 3 rings (SSSR count). The van der Waals surface area contributed by atoms with E-state index in [4.69, 9.17) is 4.74 Å². The number of ether oxygens (including phenoxy) is 1. The average Bonchev–Trinajstić information content (AvgIpc) is 2.86. The first kappa shape index (κ1) is 20.6. The molecule has 8 nitrogen and oxygen atoms in total. The lowest BCUT2D eigenvalue weighted by atomic mass is 9.73. The lowest BCUT2D eigenvalue weighted by Gasteiger charge is -2.36. The number of esters is 1. The molecule has 3 aliphatic rings. The van der Waals surface area contributed by atoms with E-state index in [0.717, 1.165) is 30.6 Å². The first-order chi connectivity index (χ1) is 13.2. The van der Waals surface area contributed by atoms with E-state index in [-0.39, 0.29) is 24.3 Å². The van der Waals surface area contributed by atoms with Crippen molar-refractivity contribution >= 4 is 23.8 Å². The maximum Gasteiger partial charge on any atom is 0.326 e. The minimum Gasteiger partial charge on any atom is -0.454 e. The Hall–Kier alpha value is -2.12. The number of hydrogen-bond donors (Lipinski definition) is 1. The van der Waals surface area contributed by atoms with Gasteiger partial charge in [-0.25, -0.2) is 4.79 Å². The summed E-state index contributed by atoms with van der Waals surface area (Å²) >= 11 is 0. The molecule has 0 radical (unpaired) electrons. The Labute approximate surface area is 165 Å². The molecular formula is C20H31N3O5. The predicted molar refractivity (Wildman–Crippen MR) is 101 cm³/mol. The van der Waals surface area contributed by atoms with Gasteiger partial charge in [0, 0.05) is 13.1 Å². The summed E-state index contributed by atoms with van der Waals surface area (Å²) in [7, 11) is 0. The maximum atomic E-state index is 12.9. The predicted octanol–water partition coefficient (Wildman–Crippen LogP) is 1.53. The SMILES string of the molecule is C[C@@H]1C[C@H](C)CN(C(=O)COC(=O)CN2C(=O)N[C@]3(CCCC[C@H]3C)C2=O)C1. The smallest absolute Gasteiger partial charge is 0.326 e. The summed E-state index contributed by atoms with van der Waals surface area (Å²) in [6, 6.07) is -0.555. The lowest BCUT2D eigenvalue weighted by Crippen LogP contribution is -2.54. The molecule has 1 N–H and O–H groups in total. The number of hydrogen-bond acceptors (Lipinski definition) is 5. The van der Waals surface area contributed by atoms with E-state index in [1.807, 2.05) is 6.92 Å². The van der Waals surface area contributed by atoms with Gasteiger partial charge >= 0.3 is 12.0 Å². The van der Waals surface area contributed by atoms with Gasteiger partial charge in [0.05, 0.1) is 0 Å². The van der Waals surface area contributed by atoms with E-state index < -0.39 is 24.1 Å². The number of amides is 4. The number of carbonyl (C=O) groups is 4. The van der Waals surface area contributed by atoms with E-state index >= 15 is 0 Å². The summed E-state index contributed by atoms with van der Waals surface area (Å²) in [5.41, 5.74) is -0.897. The molecule has 2 saturated heterocycles. The zero-order chi connectivity index (χ0) is 20.5. The van der Waals surface area contributed by atoms with Crippen LogP contribution in [0.2, 0.25) is 0 Å². The van der Waals surface area contributed by atoms with Crippen molar-refractivity contribution in [3.05, 3.63) is 0 Å². The molecule has 1 saturated carbocycles. The third-order valence-corrected chi connectivity index (χ3v) is 6.37. The van der Waals surface area contributed by atoms with Crippen molar-refractivity contribution in [2.45, 2.75) is 58.4 Å². The fraction of sp³-hybridized carbons (Fsp3) is 0.800. The fourth-order valence-electron chi connectivity index (χ4n) is 4.91. The van der Waals surface area contributed by atoms with E-state index in [1.165, 1.54) is 0 Å². The largest absolute Gasteiger partial charge is 0.454 e. The summed E-state index contributed by atoms with van der Waals surface area (Å²) < 4.78 is 5.08. The Bertz CT molecular complexity index is 656. The summed E-state index contributed by atoms with van der Waals surface area (Å²) in [5, 5.41) is 2.80. The van der Waals surface area contributed by atoms with Crippen LogP contribution in [0.15, 0.2) is 0 Å². The molecule has 4 atom stereocenters. The highest BCUT2D eigenvalue weighted by Crippen LogP contribution is 2.38. The Morgan fingerprint density at radius 2 is 1.82 bits per heavy atom. The number of nitrogens with one attached hydrogen (secondary N) is 1. The van der Waals surface area contributed by atoms with Crippen molar-refractivity contribution in [3.63, 3.8) is 0 Å². The topological polar surface area (TPSA) is 96.0 Å². The van der Waals surface area contributed by atoms with Crippen molar-refractivity contribution in [1.82, 2.24) is 15.1 Å². The van der Waals surface area contributed by atoms with Crippen LogP contribution in [0.3, 0.4) is 0 Å². The van der Waals surface area contributed by atoms with E-state index in [2.05, 4.69) is 19.2 Å². The van der Waals surface area contributed by atoms with Gasteiger partial charge < -0.3 is 15.0 Å². The molecule has 0 aromatic carbocycles. The Morgan fingerprint density at radius 3 is 2.46 bits per heavy atom. The van der Waals surface area contributed by atoms with Crippen LogP contribution in [0.4, 0.5) is 4.79 Å². The second kappa shape index (κ2) is 8.09. The van der Waals surface area contributed by atoms with E-state index in [9.17, 15) is 19.2 Å². The second-order valence-corrected chi connectivity index (χ2v) is 8.85. The molecule has 3 fully saturated rings. The number of imide groups is 1. The number of nitrogens with zero attached hydrogens (tertiary/aromatic N) is 2. The molecule has 0 bridgehead atoms. The van der Waals surface area contributed by atoms with Crippen LogP contribution in [0.25, 0.3) is 0 Å². The average molecular weight is 393 g/mol. The minimum atomic E-state index is -0.897. The molecule has 0 aromatic rings. The molecule has 2 aliphatic heterocycles. The van der Waals surface area contributed by atoms with Gasteiger partial charge in [-0.15, -0.1) is 0 Å². The van der Waals surface area contributed by atoms with Crippen LogP contribution in [0.1, 0.15) is 52.9 Å². The van der Waals surface area contributed by atoms with Crippen LogP contribution >= 0.6 is 0 Å². The van der Waals surface area contributed by atoms with Crippen molar-refractivity contribution < 1.29 is 23.9 Å². The molecule has 1 aliphatic carbocycles. The summed E-state index contributed by atoms with van der Waals surface area (Å²) in [5.74, 6) is -0.460. The van der Waals surface area contributed by atoms with Crippen LogP contribution in [0, 0.1) is 17.8 Å². The van der Waals surface area contributed by atoms with Crippen molar-refractivity contribution in [2.24, 2.45) is 17.8 Å². The fourth-order valence-corrected chi connectivity index (χ4v) is 4.91. The highest BCUT2D eigenvalue weighted by Gasteiger charge is 2.55. The molecule has 156 valence electrons. The van der Waals surface area contributed by atoms with Crippen LogP contribution in [0.5, 0.6) is 0 Å². The standard InChI is InChI=1S/C20H31N3O5/c1-13-8-14(2)10-22(9-13)16(24)12-28-17(25)11-23-18(26)20(21-19(23)27)7-5-4-6-15(20)3/h13-15H,4-12H2,1-3H3,(H,21,27)/t13-,14+,15-,20+/m1/s1. The molecule has 0 unspecified atom stereocenters. The molecule has 28 heavy (non-hydrogen) atoms. The number of rotatable bonds is 4. The van der Waals surface area contributed by atoms with Gasteiger partial charge in [-0.2, -0.15) is 0 Å². The number of carbonyl (C=O) groups excluding carboxylic acids is 4. The number of piperidine rings is 1. The van der Waals surface area contributed by atoms with Gasteiger partial charge in [0.15, 0.2) is 6.61 Å².